The molecule has 0 bridgehead atoms. The molecular weight excluding hydrogens is 259 g/mol. The van der Waals surface area contributed by atoms with Crippen molar-refractivity contribution in [3.8, 4) is 0 Å². The minimum absolute atomic E-state index is 0. The Kier molecular flexibility index (Phi) is 21.6. The van der Waals surface area contributed by atoms with Crippen molar-refractivity contribution in [1.29, 1.82) is 0 Å². The standard InChI is InChI=1S/C6H14N2O.C2H4NO.Y/c1-4-5(7-2)6(9)8-3;1-3-2-4;/h5,7H,4H2,1-3H3,(H,8,9);1H3,(H,3,4);/q;-1;/p-1/t5-;;/m0../s1. The van der Waals surface area contributed by atoms with Crippen LogP contribution in [0.4, 0.5) is 0 Å². The van der Waals surface area contributed by atoms with E-state index in [0.29, 0.717) is 0 Å². The number of amides is 2. The molecule has 2 N–H and O–H groups in total. The molecule has 6 heteroatoms. The van der Waals surface area contributed by atoms with Crippen molar-refractivity contribution >= 4 is 12.3 Å². The number of carbonyl (C=O) groups excluding carboxylic acids is 2. The van der Waals surface area contributed by atoms with E-state index in [9.17, 15) is 4.79 Å². The summed E-state index contributed by atoms with van der Waals surface area (Å²) in [5.74, 6) is -0.0694. The first kappa shape index (κ1) is 19.6. The Labute approximate surface area is 111 Å². The SMILES string of the molecule is CC[C@H](NC)C(=O)[N-]C.CN[C-]=O.[Y]. The predicted molar refractivity (Wildman–Crippen MR) is 52.2 cm³/mol. The quantitative estimate of drug-likeness (QED) is 0.551. The van der Waals surface area contributed by atoms with Gasteiger partial charge in [0.15, 0.2) is 0 Å². The largest absolute Gasteiger partial charge is 0.655 e. The van der Waals surface area contributed by atoms with Gasteiger partial charge in [0.05, 0.1) is 5.91 Å². The van der Waals surface area contributed by atoms with Crippen LogP contribution in [0.25, 0.3) is 5.32 Å². The Morgan fingerprint density at radius 1 is 1.50 bits per heavy atom. The molecule has 0 rings (SSSR count). The average Bonchev–Trinajstić information content (AvgIpc) is 2.19. The van der Waals surface area contributed by atoms with Crippen molar-refractivity contribution in [3.63, 3.8) is 0 Å². The van der Waals surface area contributed by atoms with Crippen LogP contribution in [-0.2, 0) is 42.3 Å². The van der Waals surface area contributed by atoms with E-state index in [1.165, 1.54) is 20.5 Å². The smallest absolute Gasteiger partial charge is 0.0682 e. The van der Waals surface area contributed by atoms with Crippen molar-refractivity contribution in [2.75, 3.05) is 21.1 Å². The molecule has 1 atom stereocenters. The number of rotatable bonds is 4. The fourth-order valence-corrected chi connectivity index (χ4v) is 0.658. The normalized spacial score (nSPS) is 9.71. The molecule has 0 saturated carbocycles. The van der Waals surface area contributed by atoms with Gasteiger partial charge in [0, 0.05) is 38.8 Å². The number of nitrogens with zero attached hydrogens (tertiary/aromatic N) is 1. The number of hydrogen-bond acceptors (Lipinski definition) is 3. The van der Waals surface area contributed by atoms with Gasteiger partial charge in [-0.3, -0.25) is 0 Å². The molecule has 0 fully saturated rings. The molecule has 2 amide bonds. The topological polar surface area (TPSA) is 72.3 Å². The Balaban J connectivity index is -0.000000209. The average molecular weight is 276 g/mol. The second-order valence-corrected chi connectivity index (χ2v) is 2.16. The van der Waals surface area contributed by atoms with E-state index in [1.807, 2.05) is 6.92 Å². The summed E-state index contributed by atoms with van der Waals surface area (Å²) in [6.45, 7) is 1.95. The van der Waals surface area contributed by atoms with Gasteiger partial charge in [-0.1, -0.05) is 6.92 Å². The van der Waals surface area contributed by atoms with E-state index in [0.717, 1.165) is 6.42 Å². The predicted octanol–water partition coefficient (Wildman–Crippen LogP) is -0.215. The van der Waals surface area contributed by atoms with Crippen molar-refractivity contribution in [2.45, 2.75) is 19.4 Å². The van der Waals surface area contributed by atoms with E-state index < -0.39 is 0 Å². The van der Waals surface area contributed by atoms with Gasteiger partial charge in [-0.25, -0.2) is 0 Å². The zero-order valence-electron chi connectivity index (χ0n) is 9.13. The van der Waals surface area contributed by atoms with Gasteiger partial charge in [0.25, 0.3) is 0 Å². The van der Waals surface area contributed by atoms with E-state index in [2.05, 4.69) is 16.0 Å². The molecule has 0 unspecified atom stereocenters. The van der Waals surface area contributed by atoms with Crippen LogP contribution >= 0.6 is 0 Å². The molecule has 0 spiro atoms. The van der Waals surface area contributed by atoms with Gasteiger partial charge in [-0.05, 0) is 20.5 Å². The third-order valence-electron chi connectivity index (χ3n) is 1.38. The van der Waals surface area contributed by atoms with Crippen LogP contribution in [0, 0.1) is 0 Å². The summed E-state index contributed by atoms with van der Waals surface area (Å²) in [5, 5.41) is 8.51. The van der Waals surface area contributed by atoms with Gasteiger partial charge < -0.3 is 25.5 Å². The number of nitrogens with one attached hydrogen (secondary N) is 2. The third kappa shape index (κ3) is 12.0. The van der Waals surface area contributed by atoms with Gasteiger partial charge in [-0.2, -0.15) is 6.41 Å². The maximum atomic E-state index is 10.7. The molecule has 5 nitrogen and oxygen atoms in total. The Bertz CT molecular complexity index is 141. The first-order chi connectivity index (χ1) is 6.17. The molecule has 0 aromatic rings. The molecule has 0 aromatic heterocycles. The summed E-state index contributed by atoms with van der Waals surface area (Å²) in [6.07, 6.45) is 2.23. The van der Waals surface area contributed by atoms with Crippen molar-refractivity contribution in [3.05, 3.63) is 5.32 Å². The zero-order chi connectivity index (χ0) is 10.7. The Morgan fingerprint density at radius 2 is 1.93 bits per heavy atom. The van der Waals surface area contributed by atoms with Crippen LogP contribution in [0.1, 0.15) is 13.3 Å². The number of carbonyl (C=O) groups is 1. The molecule has 0 saturated heterocycles. The Morgan fingerprint density at radius 3 is 2.00 bits per heavy atom. The third-order valence-corrected chi connectivity index (χ3v) is 1.38. The van der Waals surface area contributed by atoms with Gasteiger partial charge >= 0.3 is 0 Å². The first-order valence-electron chi connectivity index (χ1n) is 4.02. The van der Waals surface area contributed by atoms with Gasteiger partial charge in [-0.15, -0.1) is 7.05 Å². The minimum atomic E-state index is -0.0880. The molecule has 0 heterocycles. The second-order valence-electron chi connectivity index (χ2n) is 2.16. The van der Waals surface area contributed by atoms with Gasteiger partial charge in [0.2, 0.25) is 0 Å². The van der Waals surface area contributed by atoms with Crippen molar-refractivity contribution < 1.29 is 42.3 Å². The monoisotopic (exact) mass is 276 g/mol. The molecule has 0 aliphatic heterocycles. The maximum Gasteiger partial charge on any atom is 0.0682 e. The summed E-state index contributed by atoms with van der Waals surface area (Å²) in [6, 6.07) is -0.0880. The van der Waals surface area contributed by atoms with Crippen LogP contribution in [0.3, 0.4) is 0 Å². The summed E-state index contributed by atoms with van der Waals surface area (Å²) >= 11 is 0. The summed E-state index contributed by atoms with van der Waals surface area (Å²) in [4.78, 5) is 19.7. The summed E-state index contributed by atoms with van der Waals surface area (Å²) < 4.78 is 0. The van der Waals surface area contributed by atoms with E-state index >= 15 is 0 Å². The first-order valence-corrected chi connectivity index (χ1v) is 4.02. The molecule has 0 aliphatic carbocycles. The van der Waals surface area contributed by atoms with E-state index in [-0.39, 0.29) is 44.7 Å². The fourth-order valence-electron chi connectivity index (χ4n) is 0.658. The maximum absolute atomic E-state index is 10.7. The second kappa shape index (κ2) is 15.5. The Hall–Kier alpha value is 0.00390. The molecule has 14 heavy (non-hydrogen) atoms. The molecule has 0 aliphatic rings. The zero-order valence-corrected chi connectivity index (χ0v) is 12.0. The molecule has 81 valence electrons. The van der Waals surface area contributed by atoms with Gasteiger partial charge in [0.1, 0.15) is 0 Å². The van der Waals surface area contributed by atoms with Crippen LogP contribution in [0.15, 0.2) is 0 Å². The minimum Gasteiger partial charge on any atom is -0.655 e. The molecule has 1 radical (unpaired) electrons. The summed E-state index contributed by atoms with van der Waals surface area (Å²) in [5.41, 5.74) is 0. The van der Waals surface area contributed by atoms with Crippen LogP contribution in [0.5, 0.6) is 0 Å². The van der Waals surface area contributed by atoms with Crippen molar-refractivity contribution in [1.82, 2.24) is 10.6 Å². The molecule has 0 aromatic carbocycles. The number of hydrogen-bond donors (Lipinski definition) is 2. The van der Waals surface area contributed by atoms with E-state index in [4.69, 9.17) is 4.79 Å². The van der Waals surface area contributed by atoms with Crippen LogP contribution < -0.4 is 10.6 Å². The summed E-state index contributed by atoms with van der Waals surface area (Å²) in [7, 11) is 4.78. The molecular formula is C8H17N3O2Y-2. The van der Waals surface area contributed by atoms with Crippen molar-refractivity contribution in [2.24, 2.45) is 0 Å². The van der Waals surface area contributed by atoms with E-state index in [1.54, 1.807) is 7.05 Å². The van der Waals surface area contributed by atoms with Crippen LogP contribution in [0.2, 0.25) is 0 Å². The fraction of sp³-hybridized carbons (Fsp3) is 0.750. The van der Waals surface area contributed by atoms with Crippen LogP contribution in [-0.4, -0.2) is 39.5 Å². The number of likely N-dealkylation sites (N-methyl/N-ethyl adjacent to an activating group) is 2.